The summed E-state index contributed by atoms with van der Waals surface area (Å²) in [6.45, 7) is 1.81. The molecule has 2 aromatic rings. The lowest BCUT2D eigenvalue weighted by Gasteiger charge is -2.00. The summed E-state index contributed by atoms with van der Waals surface area (Å²) < 4.78 is 4.63. The van der Waals surface area contributed by atoms with Gasteiger partial charge in [-0.15, -0.1) is 0 Å². The van der Waals surface area contributed by atoms with Crippen molar-refractivity contribution in [1.29, 1.82) is 0 Å². The van der Waals surface area contributed by atoms with Crippen LogP contribution in [0.15, 0.2) is 18.2 Å². The zero-order chi connectivity index (χ0) is 12.4. The number of ether oxygens (including phenoxy) is 1. The van der Waals surface area contributed by atoms with Gasteiger partial charge in [-0.05, 0) is 25.1 Å². The highest BCUT2D eigenvalue weighted by Crippen LogP contribution is 2.21. The monoisotopic (exact) mass is 252 g/mol. The summed E-state index contributed by atoms with van der Waals surface area (Å²) in [5.74, 6) is -1.55. The standard InChI is InChI=1S/C11H9ClN2O3/c1-2-17-11(16)9(15)6-3-4-7-8(5-6)13-14-10(7)12/h3-5H,2H2,1H3,(H,13,14). The molecule has 0 aliphatic carbocycles. The van der Waals surface area contributed by atoms with Crippen LogP contribution in [0, 0.1) is 0 Å². The van der Waals surface area contributed by atoms with Crippen LogP contribution in [0.3, 0.4) is 0 Å². The summed E-state index contributed by atoms with van der Waals surface area (Å²) in [6.07, 6.45) is 0. The molecule has 0 amide bonds. The minimum absolute atomic E-state index is 0.168. The fourth-order valence-corrected chi connectivity index (χ4v) is 1.64. The van der Waals surface area contributed by atoms with E-state index in [0.717, 1.165) is 0 Å². The lowest BCUT2D eigenvalue weighted by molar-refractivity contribution is -0.137. The predicted molar refractivity (Wildman–Crippen MR) is 62.1 cm³/mol. The molecule has 0 saturated carbocycles. The summed E-state index contributed by atoms with van der Waals surface area (Å²) in [5, 5.41) is 7.59. The second-order valence-corrected chi connectivity index (χ2v) is 3.70. The Balaban J connectivity index is 2.36. The van der Waals surface area contributed by atoms with E-state index in [0.29, 0.717) is 16.1 Å². The van der Waals surface area contributed by atoms with Crippen LogP contribution in [0.4, 0.5) is 0 Å². The number of Topliss-reactive ketones (excluding diaryl/α,β-unsaturated/α-hetero) is 1. The van der Waals surface area contributed by atoms with E-state index in [1.807, 2.05) is 0 Å². The van der Waals surface area contributed by atoms with Crippen LogP contribution in [0.2, 0.25) is 5.15 Å². The number of aromatic nitrogens is 2. The van der Waals surface area contributed by atoms with E-state index in [1.165, 1.54) is 12.1 Å². The first kappa shape index (κ1) is 11.6. The van der Waals surface area contributed by atoms with Crippen molar-refractivity contribution in [2.24, 2.45) is 0 Å². The van der Waals surface area contributed by atoms with Gasteiger partial charge >= 0.3 is 5.97 Å². The Morgan fingerprint density at radius 1 is 1.47 bits per heavy atom. The molecule has 2 rings (SSSR count). The van der Waals surface area contributed by atoms with Crippen LogP contribution in [0.25, 0.3) is 10.9 Å². The van der Waals surface area contributed by atoms with Crippen LogP contribution >= 0.6 is 11.6 Å². The van der Waals surface area contributed by atoms with Crippen LogP contribution in [-0.4, -0.2) is 28.6 Å². The maximum atomic E-state index is 11.6. The molecular formula is C11H9ClN2O3. The Hall–Kier alpha value is -1.88. The number of fused-ring (bicyclic) bond motifs is 1. The van der Waals surface area contributed by atoms with E-state index < -0.39 is 11.8 Å². The molecule has 1 heterocycles. The molecule has 0 aliphatic heterocycles. The van der Waals surface area contributed by atoms with Gasteiger partial charge in [-0.2, -0.15) is 5.10 Å². The van der Waals surface area contributed by atoms with Gasteiger partial charge in [0.15, 0.2) is 0 Å². The summed E-state index contributed by atoms with van der Waals surface area (Å²) in [7, 11) is 0. The van der Waals surface area contributed by atoms with Crippen molar-refractivity contribution in [2.75, 3.05) is 6.61 Å². The number of benzene rings is 1. The van der Waals surface area contributed by atoms with Crippen molar-refractivity contribution < 1.29 is 14.3 Å². The molecule has 1 aromatic heterocycles. The minimum atomic E-state index is -0.867. The molecule has 1 aromatic carbocycles. The average Bonchev–Trinajstić information content (AvgIpc) is 2.70. The average molecular weight is 253 g/mol. The van der Waals surface area contributed by atoms with E-state index >= 15 is 0 Å². The van der Waals surface area contributed by atoms with Crippen LogP contribution in [-0.2, 0) is 9.53 Å². The molecule has 88 valence electrons. The maximum Gasteiger partial charge on any atom is 0.379 e. The Labute approximate surface area is 102 Å². The minimum Gasteiger partial charge on any atom is -0.460 e. The largest absolute Gasteiger partial charge is 0.460 e. The number of esters is 1. The lowest BCUT2D eigenvalue weighted by atomic mass is 10.1. The molecular weight excluding hydrogens is 244 g/mol. The molecule has 0 aliphatic rings. The van der Waals surface area contributed by atoms with Crippen molar-refractivity contribution in [3.8, 4) is 0 Å². The molecule has 0 spiro atoms. The summed E-state index contributed by atoms with van der Waals surface area (Å²) in [4.78, 5) is 22.9. The summed E-state index contributed by atoms with van der Waals surface area (Å²) in [5.41, 5.74) is 0.768. The number of carbonyl (C=O) groups excluding carboxylic acids is 2. The Kier molecular flexibility index (Phi) is 3.10. The van der Waals surface area contributed by atoms with E-state index in [2.05, 4.69) is 14.9 Å². The Morgan fingerprint density at radius 2 is 2.24 bits per heavy atom. The number of hydrogen-bond acceptors (Lipinski definition) is 4. The topological polar surface area (TPSA) is 72.1 Å². The first-order valence-corrected chi connectivity index (χ1v) is 5.36. The number of H-pyrrole nitrogens is 1. The zero-order valence-corrected chi connectivity index (χ0v) is 9.75. The SMILES string of the molecule is CCOC(=O)C(=O)c1ccc2c(Cl)[nH]nc2c1. The molecule has 0 radical (unpaired) electrons. The summed E-state index contributed by atoms with van der Waals surface area (Å²) >= 11 is 5.82. The van der Waals surface area contributed by atoms with E-state index in [1.54, 1.807) is 13.0 Å². The van der Waals surface area contributed by atoms with Gasteiger partial charge in [0.1, 0.15) is 5.15 Å². The van der Waals surface area contributed by atoms with Crippen LogP contribution in [0.1, 0.15) is 17.3 Å². The van der Waals surface area contributed by atoms with Gasteiger partial charge in [0.25, 0.3) is 5.78 Å². The molecule has 0 saturated heterocycles. The Bertz CT molecular complexity index is 591. The van der Waals surface area contributed by atoms with Crippen molar-refractivity contribution >= 4 is 34.3 Å². The second-order valence-electron chi connectivity index (χ2n) is 3.32. The first-order valence-electron chi connectivity index (χ1n) is 4.98. The van der Waals surface area contributed by atoms with Gasteiger partial charge in [0.05, 0.1) is 12.1 Å². The molecule has 6 heteroatoms. The number of nitrogens with one attached hydrogen (secondary N) is 1. The highest BCUT2D eigenvalue weighted by Gasteiger charge is 2.18. The van der Waals surface area contributed by atoms with Gasteiger partial charge in [-0.1, -0.05) is 11.6 Å². The number of nitrogens with zero attached hydrogens (tertiary/aromatic N) is 1. The fraction of sp³-hybridized carbons (Fsp3) is 0.182. The number of carbonyl (C=O) groups is 2. The van der Waals surface area contributed by atoms with Crippen molar-refractivity contribution in [2.45, 2.75) is 6.92 Å². The lowest BCUT2D eigenvalue weighted by Crippen LogP contribution is -2.17. The number of rotatable bonds is 3. The zero-order valence-electron chi connectivity index (χ0n) is 8.99. The van der Waals surface area contributed by atoms with E-state index in [4.69, 9.17) is 11.6 Å². The fourth-order valence-electron chi connectivity index (χ4n) is 1.44. The van der Waals surface area contributed by atoms with Crippen molar-refractivity contribution in [1.82, 2.24) is 10.2 Å². The molecule has 5 nitrogen and oxygen atoms in total. The smallest absolute Gasteiger partial charge is 0.379 e. The van der Waals surface area contributed by atoms with Gasteiger partial charge in [-0.25, -0.2) is 4.79 Å². The van der Waals surface area contributed by atoms with E-state index in [9.17, 15) is 9.59 Å². The molecule has 0 bridgehead atoms. The van der Waals surface area contributed by atoms with Gasteiger partial charge in [-0.3, -0.25) is 9.89 Å². The quantitative estimate of drug-likeness (QED) is 0.515. The molecule has 0 atom stereocenters. The molecule has 0 fully saturated rings. The summed E-state index contributed by atoms with van der Waals surface area (Å²) in [6, 6.07) is 4.65. The number of aromatic amines is 1. The van der Waals surface area contributed by atoms with Gasteiger partial charge in [0.2, 0.25) is 0 Å². The Morgan fingerprint density at radius 3 is 2.94 bits per heavy atom. The maximum absolute atomic E-state index is 11.6. The third-order valence-electron chi connectivity index (χ3n) is 2.23. The normalized spacial score (nSPS) is 10.5. The molecule has 1 N–H and O–H groups in total. The predicted octanol–water partition coefficient (Wildman–Crippen LogP) is 1.96. The van der Waals surface area contributed by atoms with E-state index in [-0.39, 0.29) is 12.2 Å². The number of ketones is 1. The first-order chi connectivity index (χ1) is 8.13. The van der Waals surface area contributed by atoms with Crippen molar-refractivity contribution in [3.05, 3.63) is 28.9 Å². The highest BCUT2D eigenvalue weighted by molar-refractivity contribution is 6.41. The third kappa shape index (κ3) is 2.14. The number of hydrogen-bond donors (Lipinski definition) is 1. The van der Waals surface area contributed by atoms with Crippen LogP contribution in [0.5, 0.6) is 0 Å². The van der Waals surface area contributed by atoms with Crippen LogP contribution < -0.4 is 0 Å². The number of halogens is 1. The van der Waals surface area contributed by atoms with Gasteiger partial charge < -0.3 is 4.74 Å². The third-order valence-corrected chi connectivity index (χ3v) is 2.52. The molecule has 17 heavy (non-hydrogen) atoms. The highest BCUT2D eigenvalue weighted by atomic mass is 35.5. The van der Waals surface area contributed by atoms with Gasteiger partial charge in [0, 0.05) is 10.9 Å². The second kappa shape index (κ2) is 4.55. The molecule has 0 unspecified atom stereocenters. The van der Waals surface area contributed by atoms with Crippen molar-refractivity contribution in [3.63, 3.8) is 0 Å².